The quantitative estimate of drug-likeness (QED) is 0.893. The number of amides is 2. The van der Waals surface area contributed by atoms with Gasteiger partial charge >= 0.3 is 6.03 Å². The van der Waals surface area contributed by atoms with Gasteiger partial charge in [-0.05, 0) is 25.2 Å². The summed E-state index contributed by atoms with van der Waals surface area (Å²) < 4.78 is 5.13. The van der Waals surface area contributed by atoms with Crippen LogP contribution in [0, 0.1) is 0 Å². The first-order valence-corrected chi connectivity index (χ1v) is 8.26. The number of piperazine rings is 2. The Balaban J connectivity index is 1.61. The van der Waals surface area contributed by atoms with Crippen molar-refractivity contribution in [3.8, 4) is 5.75 Å². The number of carbonyl (C=O) groups is 1. The number of nitrogens with one attached hydrogen (secondary N) is 1. The SMILES string of the molecule is COc1ccc(NC(=O)N2CCN3CCN(C)C[C@@H]3C2)cc1Cl. The molecule has 0 bridgehead atoms. The molecule has 0 aromatic heterocycles. The zero-order valence-corrected chi connectivity index (χ0v) is 14.3. The van der Waals surface area contributed by atoms with Crippen molar-refractivity contribution in [2.24, 2.45) is 0 Å². The van der Waals surface area contributed by atoms with Gasteiger partial charge in [-0.3, -0.25) is 4.90 Å². The van der Waals surface area contributed by atoms with Crippen molar-refractivity contribution in [2.45, 2.75) is 6.04 Å². The van der Waals surface area contributed by atoms with Crippen molar-refractivity contribution >= 4 is 23.3 Å². The molecule has 0 spiro atoms. The Bertz CT molecular complexity index is 583. The summed E-state index contributed by atoms with van der Waals surface area (Å²) in [6, 6.07) is 5.62. The largest absolute Gasteiger partial charge is 0.495 e. The molecule has 2 aliphatic rings. The van der Waals surface area contributed by atoms with Crippen molar-refractivity contribution in [1.29, 1.82) is 0 Å². The number of likely N-dealkylation sites (N-methyl/N-ethyl adjacent to an activating group) is 1. The second kappa shape index (κ2) is 6.95. The van der Waals surface area contributed by atoms with E-state index < -0.39 is 0 Å². The Hall–Kier alpha value is -1.50. The number of nitrogens with zero attached hydrogens (tertiary/aromatic N) is 3. The highest BCUT2D eigenvalue weighted by Gasteiger charge is 2.32. The first-order chi connectivity index (χ1) is 11.1. The molecule has 2 amide bonds. The van der Waals surface area contributed by atoms with E-state index in [1.807, 2.05) is 4.90 Å². The normalized spacial score (nSPS) is 22.6. The molecule has 2 fully saturated rings. The fourth-order valence-electron chi connectivity index (χ4n) is 3.24. The predicted octanol–water partition coefficient (Wildman–Crippen LogP) is 1.81. The summed E-state index contributed by atoms with van der Waals surface area (Å²) in [6.07, 6.45) is 0. The Kier molecular flexibility index (Phi) is 4.94. The van der Waals surface area contributed by atoms with Crippen LogP contribution in [-0.2, 0) is 0 Å². The van der Waals surface area contributed by atoms with Gasteiger partial charge in [0.25, 0.3) is 0 Å². The fourth-order valence-corrected chi connectivity index (χ4v) is 3.50. The highest BCUT2D eigenvalue weighted by Crippen LogP contribution is 2.27. The van der Waals surface area contributed by atoms with E-state index in [0.29, 0.717) is 22.5 Å². The Morgan fingerprint density at radius 1 is 1.26 bits per heavy atom. The molecule has 2 heterocycles. The lowest BCUT2D eigenvalue weighted by atomic mass is 10.1. The molecule has 1 atom stereocenters. The van der Waals surface area contributed by atoms with Gasteiger partial charge in [0.15, 0.2) is 0 Å². The number of methoxy groups -OCH3 is 1. The molecule has 126 valence electrons. The van der Waals surface area contributed by atoms with Crippen LogP contribution in [0.15, 0.2) is 18.2 Å². The van der Waals surface area contributed by atoms with Crippen LogP contribution < -0.4 is 10.1 Å². The average Bonchev–Trinajstić information content (AvgIpc) is 2.54. The summed E-state index contributed by atoms with van der Waals surface area (Å²) in [5, 5.41) is 3.42. The summed E-state index contributed by atoms with van der Waals surface area (Å²) in [4.78, 5) is 19.2. The smallest absolute Gasteiger partial charge is 0.321 e. The molecule has 23 heavy (non-hydrogen) atoms. The van der Waals surface area contributed by atoms with Crippen LogP contribution in [-0.4, -0.2) is 80.2 Å². The molecule has 0 saturated carbocycles. The van der Waals surface area contributed by atoms with Crippen molar-refractivity contribution in [1.82, 2.24) is 14.7 Å². The first kappa shape index (κ1) is 16.4. The van der Waals surface area contributed by atoms with Gasteiger partial charge < -0.3 is 19.9 Å². The minimum Gasteiger partial charge on any atom is -0.495 e. The molecule has 1 N–H and O–H groups in total. The number of hydrogen-bond donors (Lipinski definition) is 1. The maximum atomic E-state index is 12.5. The zero-order chi connectivity index (χ0) is 16.4. The number of hydrogen-bond acceptors (Lipinski definition) is 4. The number of urea groups is 1. The van der Waals surface area contributed by atoms with Crippen molar-refractivity contribution in [3.63, 3.8) is 0 Å². The number of carbonyl (C=O) groups excluding carboxylic acids is 1. The lowest BCUT2D eigenvalue weighted by Crippen LogP contribution is -2.62. The molecule has 7 heteroatoms. The summed E-state index contributed by atoms with van der Waals surface area (Å²) in [5.74, 6) is 0.600. The molecule has 2 aliphatic heterocycles. The third-order valence-electron chi connectivity index (χ3n) is 4.59. The van der Waals surface area contributed by atoms with Crippen molar-refractivity contribution in [3.05, 3.63) is 23.2 Å². The van der Waals surface area contributed by atoms with Crippen LogP contribution in [0.5, 0.6) is 5.75 Å². The van der Waals surface area contributed by atoms with Gasteiger partial charge in [-0.15, -0.1) is 0 Å². The lowest BCUT2D eigenvalue weighted by Gasteiger charge is -2.46. The van der Waals surface area contributed by atoms with E-state index in [2.05, 4.69) is 22.2 Å². The van der Waals surface area contributed by atoms with Gasteiger partial charge in [-0.2, -0.15) is 0 Å². The fraction of sp³-hybridized carbons (Fsp3) is 0.562. The molecule has 0 aliphatic carbocycles. The van der Waals surface area contributed by atoms with E-state index in [0.717, 1.165) is 39.3 Å². The number of halogens is 1. The van der Waals surface area contributed by atoms with Crippen LogP contribution in [0.25, 0.3) is 0 Å². The molecular formula is C16H23ClN4O2. The molecule has 3 rings (SSSR count). The van der Waals surface area contributed by atoms with Crippen LogP contribution in [0.3, 0.4) is 0 Å². The van der Waals surface area contributed by atoms with Gasteiger partial charge in [0.2, 0.25) is 0 Å². The van der Waals surface area contributed by atoms with E-state index in [4.69, 9.17) is 16.3 Å². The summed E-state index contributed by atoms with van der Waals surface area (Å²) >= 11 is 6.10. The second-order valence-corrected chi connectivity index (χ2v) is 6.58. The van der Waals surface area contributed by atoms with Crippen LogP contribution in [0.4, 0.5) is 10.5 Å². The highest BCUT2D eigenvalue weighted by atomic mass is 35.5. The van der Waals surface area contributed by atoms with E-state index in [1.165, 1.54) is 0 Å². The van der Waals surface area contributed by atoms with E-state index in [-0.39, 0.29) is 6.03 Å². The van der Waals surface area contributed by atoms with Gasteiger partial charge in [0.1, 0.15) is 5.75 Å². The number of ether oxygens (including phenoxy) is 1. The topological polar surface area (TPSA) is 48.1 Å². The average molecular weight is 339 g/mol. The number of rotatable bonds is 2. The number of benzene rings is 1. The molecule has 2 saturated heterocycles. The maximum absolute atomic E-state index is 12.5. The van der Waals surface area contributed by atoms with E-state index in [9.17, 15) is 4.79 Å². The molecular weight excluding hydrogens is 316 g/mol. The second-order valence-electron chi connectivity index (χ2n) is 6.18. The third-order valence-corrected chi connectivity index (χ3v) is 4.88. The van der Waals surface area contributed by atoms with E-state index >= 15 is 0 Å². The highest BCUT2D eigenvalue weighted by molar-refractivity contribution is 6.32. The summed E-state index contributed by atoms with van der Waals surface area (Å²) in [7, 11) is 3.70. The van der Waals surface area contributed by atoms with Crippen molar-refractivity contribution in [2.75, 3.05) is 58.7 Å². The van der Waals surface area contributed by atoms with Crippen LogP contribution >= 0.6 is 11.6 Å². The minimum absolute atomic E-state index is 0.0703. The summed E-state index contributed by atoms with van der Waals surface area (Å²) in [5.41, 5.74) is 0.684. The van der Waals surface area contributed by atoms with E-state index in [1.54, 1.807) is 25.3 Å². The van der Waals surface area contributed by atoms with Gasteiger partial charge in [0.05, 0.1) is 12.1 Å². The predicted molar refractivity (Wildman–Crippen MR) is 91.5 cm³/mol. The van der Waals surface area contributed by atoms with Crippen LogP contribution in [0.1, 0.15) is 0 Å². The van der Waals surface area contributed by atoms with Crippen LogP contribution in [0.2, 0.25) is 5.02 Å². The third kappa shape index (κ3) is 3.71. The van der Waals surface area contributed by atoms with Gasteiger partial charge in [-0.1, -0.05) is 11.6 Å². The van der Waals surface area contributed by atoms with Gasteiger partial charge in [0, 0.05) is 51.0 Å². The van der Waals surface area contributed by atoms with Crippen molar-refractivity contribution < 1.29 is 9.53 Å². The molecule has 0 radical (unpaired) electrons. The molecule has 0 unspecified atom stereocenters. The standard InChI is InChI=1S/C16H23ClN4O2/c1-19-5-6-20-7-8-21(11-13(20)10-19)16(22)18-12-3-4-15(23-2)14(17)9-12/h3-4,9,13H,5-8,10-11H2,1-2H3,(H,18,22)/t13-/m1/s1. The number of fused-ring (bicyclic) bond motifs is 1. The molecule has 1 aromatic carbocycles. The Morgan fingerprint density at radius 2 is 2.04 bits per heavy atom. The molecule has 6 nitrogen and oxygen atoms in total. The summed E-state index contributed by atoms with van der Waals surface area (Å²) in [6.45, 7) is 5.67. The van der Waals surface area contributed by atoms with Gasteiger partial charge in [-0.25, -0.2) is 4.79 Å². The Morgan fingerprint density at radius 3 is 2.78 bits per heavy atom. The number of anilines is 1. The monoisotopic (exact) mass is 338 g/mol. The minimum atomic E-state index is -0.0703. The maximum Gasteiger partial charge on any atom is 0.321 e. The first-order valence-electron chi connectivity index (χ1n) is 7.89. The molecule has 1 aromatic rings. The Labute approximate surface area is 141 Å². The zero-order valence-electron chi connectivity index (χ0n) is 13.6. The lowest BCUT2D eigenvalue weighted by molar-refractivity contribution is 0.0353.